The standard InChI is InChI=1S/C8H5N3O3S.K/c12-11(13)6-4-2-1-3-5(6)7-9-10-8(15)14-7;/h1-4H,(H,10,15);/q;+1/p-1. The summed E-state index contributed by atoms with van der Waals surface area (Å²) in [5, 5.41) is 17.7. The van der Waals surface area contributed by atoms with Crippen LogP contribution in [0.15, 0.2) is 33.9 Å². The third-order valence-electron chi connectivity index (χ3n) is 1.74. The normalized spacial score (nSPS) is 9.50. The van der Waals surface area contributed by atoms with Crippen LogP contribution in [0.2, 0.25) is 0 Å². The molecule has 0 fully saturated rings. The van der Waals surface area contributed by atoms with E-state index in [-0.39, 0.29) is 73.7 Å². The van der Waals surface area contributed by atoms with Gasteiger partial charge < -0.3 is 17.0 Å². The summed E-state index contributed by atoms with van der Waals surface area (Å²) in [6.45, 7) is 0. The van der Waals surface area contributed by atoms with Crippen molar-refractivity contribution < 1.29 is 60.7 Å². The van der Waals surface area contributed by atoms with Gasteiger partial charge in [0.05, 0.1) is 10.1 Å². The molecule has 0 unspecified atom stereocenters. The summed E-state index contributed by atoms with van der Waals surface area (Å²) in [6, 6.07) is 6.10. The van der Waals surface area contributed by atoms with E-state index in [9.17, 15) is 10.1 Å². The molecule has 6 nitrogen and oxygen atoms in total. The van der Waals surface area contributed by atoms with Crippen molar-refractivity contribution in [3.05, 3.63) is 34.4 Å². The Morgan fingerprint density at radius 1 is 1.31 bits per heavy atom. The number of rotatable bonds is 2. The number of aromatic nitrogens is 2. The summed E-state index contributed by atoms with van der Waals surface area (Å²) in [5.41, 5.74) is 0.183. The van der Waals surface area contributed by atoms with Crippen LogP contribution in [0.1, 0.15) is 0 Å². The van der Waals surface area contributed by atoms with Crippen molar-refractivity contribution >= 4 is 18.3 Å². The Morgan fingerprint density at radius 3 is 2.56 bits per heavy atom. The van der Waals surface area contributed by atoms with Crippen LogP contribution in [0.5, 0.6) is 0 Å². The van der Waals surface area contributed by atoms with Crippen molar-refractivity contribution in [3.63, 3.8) is 0 Å². The summed E-state index contributed by atoms with van der Waals surface area (Å²) in [4.78, 5) is 10.2. The van der Waals surface area contributed by atoms with E-state index in [0.717, 1.165) is 0 Å². The van der Waals surface area contributed by atoms with Gasteiger partial charge in [-0.15, -0.1) is 10.2 Å². The third kappa shape index (κ3) is 2.84. The van der Waals surface area contributed by atoms with Gasteiger partial charge in [0, 0.05) is 6.07 Å². The predicted molar refractivity (Wildman–Crippen MR) is 52.0 cm³/mol. The largest absolute Gasteiger partial charge is 1.00 e. The number of benzene rings is 1. The minimum Gasteiger partial charge on any atom is -0.719 e. The number of nitro groups is 1. The Bertz CT molecular complexity index is 517. The molecular formula is C8H4KN3O3S. The zero-order chi connectivity index (χ0) is 10.8. The number of nitro benzene ring substituents is 1. The van der Waals surface area contributed by atoms with Crippen LogP contribution >= 0.6 is 0 Å². The van der Waals surface area contributed by atoms with Crippen molar-refractivity contribution in [3.8, 4) is 11.5 Å². The van der Waals surface area contributed by atoms with Crippen molar-refractivity contribution in [2.45, 2.75) is 5.22 Å². The summed E-state index contributed by atoms with van der Waals surface area (Å²) in [7, 11) is 0. The first-order valence-electron chi connectivity index (χ1n) is 3.93. The Labute approximate surface area is 138 Å². The fourth-order valence-corrected chi connectivity index (χ4v) is 1.25. The molecule has 1 aromatic heterocycles. The van der Waals surface area contributed by atoms with Gasteiger partial charge in [-0.3, -0.25) is 10.1 Å². The first-order valence-corrected chi connectivity index (χ1v) is 4.33. The minimum atomic E-state index is -0.511. The molecule has 0 N–H and O–H groups in total. The fraction of sp³-hybridized carbons (Fsp3) is 0. The van der Waals surface area contributed by atoms with Crippen molar-refractivity contribution in [2.24, 2.45) is 0 Å². The molecule has 0 saturated carbocycles. The molecule has 1 aromatic carbocycles. The van der Waals surface area contributed by atoms with E-state index in [4.69, 9.17) is 4.42 Å². The number of hydrogen-bond acceptors (Lipinski definition) is 6. The average Bonchev–Trinajstić information content (AvgIpc) is 2.65. The molecule has 0 spiro atoms. The minimum absolute atomic E-state index is 0. The summed E-state index contributed by atoms with van der Waals surface area (Å²) in [5.74, 6) is 0.0623. The van der Waals surface area contributed by atoms with Crippen LogP contribution in [-0.2, 0) is 12.6 Å². The van der Waals surface area contributed by atoms with Crippen LogP contribution in [0, 0.1) is 10.1 Å². The maximum absolute atomic E-state index is 10.7. The molecule has 2 rings (SSSR count). The van der Waals surface area contributed by atoms with Gasteiger partial charge in [-0.05, 0) is 6.07 Å². The van der Waals surface area contributed by atoms with E-state index >= 15 is 0 Å². The van der Waals surface area contributed by atoms with Crippen molar-refractivity contribution in [1.29, 1.82) is 0 Å². The quantitative estimate of drug-likeness (QED) is 0.285. The molecule has 1 heterocycles. The van der Waals surface area contributed by atoms with Crippen LogP contribution < -0.4 is 51.4 Å². The third-order valence-corrected chi connectivity index (χ3v) is 1.90. The van der Waals surface area contributed by atoms with Gasteiger partial charge in [0.15, 0.2) is 0 Å². The molecule has 0 aliphatic carbocycles. The van der Waals surface area contributed by atoms with Gasteiger partial charge >= 0.3 is 51.4 Å². The van der Waals surface area contributed by atoms with E-state index in [1.165, 1.54) is 12.1 Å². The molecule has 0 atom stereocenters. The van der Waals surface area contributed by atoms with Gasteiger partial charge in [-0.2, -0.15) is 0 Å². The van der Waals surface area contributed by atoms with E-state index in [0.29, 0.717) is 0 Å². The van der Waals surface area contributed by atoms with E-state index in [2.05, 4.69) is 22.8 Å². The molecule has 8 heteroatoms. The van der Waals surface area contributed by atoms with Crippen LogP contribution in [0.4, 0.5) is 5.69 Å². The van der Waals surface area contributed by atoms with E-state index in [1.54, 1.807) is 12.1 Å². The van der Waals surface area contributed by atoms with Gasteiger partial charge in [0.2, 0.25) is 0 Å². The first kappa shape index (κ1) is 13.7. The number of nitrogens with zero attached hydrogens (tertiary/aromatic N) is 3. The Kier molecular flexibility index (Phi) is 4.96. The molecule has 0 aliphatic heterocycles. The molecule has 16 heavy (non-hydrogen) atoms. The van der Waals surface area contributed by atoms with Crippen molar-refractivity contribution in [2.75, 3.05) is 0 Å². The van der Waals surface area contributed by atoms with Crippen LogP contribution in [0.3, 0.4) is 0 Å². The smallest absolute Gasteiger partial charge is 0.719 e. The Hall–Kier alpha value is -0.384. The van der Waals surface area contributed by atoms with Crippen LogP contribution in [-0.4, -0.2) is 15.1 Å². The molecule has 0 amide bonds. The summed E-state index contributed by atoms with van der Waals surface area (Å²) < 4.78 is 4.95. The molecule has 0 bridgehead atoms. The second kappa shape index (κ2) is 5.80. The average molecular weight is 261 g/mol. The van der Waals surface area contributed by atoms with Gasteiger partial charge in [-0.25, -0.2) is 0 Å². The zero-order valence-corrected chi connectivity index (χ0v) is 12.2. The molecular weight excluding hydrogens is 257 g/mol. The molecule has 0 radical (unpaired) electrons. The number of hydrogen-bond donors (Lipinski definition) is 0. The maximum Gasteiger partial charge on any atom is 1.00 e. The summed E-state index contributed by atoms with van der Waals surface area (Å²) in [6.07, 6.45) is 0. The van der Waals surface area contributed by atoms with E-state index in [1.807, 2.05) is 0 Å². The second-order valence-corrected chi connectivity index (χ2v) is 3.00. The predicted octanol–water partition coefficient (Wildman–Crippen LogP) is -1.45. The monoisotopic (exact) mass is 261 g/mol. The molecule has 2 aromatic rings. The zero-order valence-electron chi connectivity index (χ0n) is 8.28. The molecule has 0 aliphatic rings. The molecule has 76 valence electrons. The Morgan fingerprint density at radius 2 is 2.00 bits per heavy atom. The summed E-state index contributed by atoms with van der Waals surface area (Å²) >= 11 is 4.63. The first-order chi connectivity index (χ1) is 7.18. The topological polar surface area (TPSA) is 82.1 Å². The van der Waals surface area contributed by atoms with Gasteiger partial charge in [0.1, 0.15) is 5.56 Å². The fourth-order valence-electron chi connectivity index (χ4n) is 1.13. The molecule has 0 saturated heterocycles. The maximum atomic E-state index is 10.7. The van der Waals surface area contributed by atoms with Crippen molar-refractivity contribution in [1.82, 2.24) is 10.2 Å². The second-order valence-electron chi connectivity index (χ2n) is 2.65. The number of para-hydroxylation sites is 1. The Balaban J connectivity index is 0.00000128. The van der Waals surface area contributed by atoms with Crippen LogP contribution in [0.25, 0.3) is 11.5 Å². The van der Waals surface area contributed by atoms with Gasteiger partial charge in [0.25, 0.3) is 11.6 Å². The van der Waals surface area contributed by atoms with Gasteiger partial charge in [-0.1, -0.05) is 12.1 Å². The SMILES string of the molecule is O=[N+]([O-])c1ccccc1-c1nnc([S-])o1.[K+]. The van der Waals surface area contributed by atoms with E-state index < -0.39 is 4.92 Å².